The van der Waals surface area contributed by atoms with Gasteiger partial charge in [-0.25, -0.2) is 0 Å². The van der Waals surface area contributed by atoms with Gasteiger partial charge in [0.2, 0.25) is 5.91 Å². The average molecular weight is 170 g/mol. The Morgan fingerprint density at radius 2 is 2.25 bits per heavy atom. The van der Waals surface area contributed by atoms with Gasteiger partial charge in [-0.1, -0.05) is 0 Å². The molecule has 0 aromatic carbocycles. The van der Waals surface area contributed by atoms with Crippen LogP contribution in [0, 0.1) is 5.92 Å². The number of hydrogen-bond donors (Lipinski definition) is 1. The molecule has 1 unspecified atom stereocenters. The molecule has 2 N–H and O–H groups in total. The van der Waals surface area contributed by atoms with Crippen molar-refractivity contribution in [2.45, 2.75) is 32.2 Å². The van der Waals surface area contributed by atoms with Crippen molar-refractivity contribution < 1.29 is 4.79 Å². The van der Waals surface area contributed by atoms with Crippen molar-refractivity contribution in [2.24, 2.45) is 11.7 Å². The lowest BCUT2D eigenvalue weighted by atomic mass is 10.2. The Balaban J connectivity index is 2.33. The predicted octanol–water partition coefficient (Wildman–Crippen LogP) is 0.592. The van der Waals surface area contributed by atoms with Gasteiger partial charge in [-0.05, 0) is 32.7 Å². The minimum atomic E-state index is 0.295. The molecule has 0 aliphatic heterocycles. The van der Waals surface area contributed by atoms with Crippen LogP contribution in [0.4, 0.5) is 0 Å². The molecule has 0 aromatic heterocycles. The van der Waals surface area contributed by atoms with E-state index in [1.165, 1.54) is 0 Å². The highest BCUT2D eigenvalue weighted by atomic mass is 16.2. The molecule has 70 valence electrons. The van der Waals surface area contributed by atoms with Crippen molar-refractivity contribution >= 4 is 5.91 Å². The highest BCUT2D eigenvalue weighted by Gasteiger charge is 2.33. The van der Waals surface area contributed by atoms with Gasteiger partial charge in [-0.3, -0.25) is 4.79 Å². The zero-order chi connectivity index (χ0) is 9.14. The lowest BCUT2D eigenvalue weighted by molar-refractivity contribution is -0.133. The topological polar surface area (TPSA) is 46.3 Å². The molecule has 1 amide bonds. The smallest absolute Gasteiger partial charge is 0.225 e. The second kappa shape index (κ2) is 3.90. The summed E-state index contributed by atoms with van der Waals surface area (Å²) in [6.07, 6.45) is 3.06. The Bertz CT molecular complexity index is 166. The van der Waals surface area contributed by atoms with Crippen LogP contribution in [-0.2, 0) is 4.79 Å². The molecule has 1 aliphatic rings. The van der Waals surface area contributed by atoms with Crippen LogP contribution in [0.15, 0.2) is 0 Å². The van der Waals surface area contributed by atoms with E-state index in [1.807, 2.05) is 18.9 Å². The van der Waals surface area contributed by atoms with Gasteiger partial charge < -0.3 is 10.6 Å². The molecule has 0 aromatic rings. The maximum atomic E-state index is 11.5. The van der Waals surface area contributed by atoms with E-state index in [0.29, 0.717) is 24.4 Å². The van der Waals surface area contributed by atoms with Crippen LogP contribution in [0.3, 0.4) is 0 Å². The molecule has 3 heteroatoms. The average Bonchev–Trinajstić information content (AvgIpc) is 2.84. The zero-order valence-corrected chi connectivity index (χ0v) is 7.92. The largest absolute Gasteiger partial charge is 0.343 e. The van der Waals surface area contributed by atoms with Gasteiger partial charge in [0.25, 0.3) is 0 Å². The minimum absolute atomic E-state index is 0.295. The quantitative estimate of drug-likeness (QED) is 0.671. The summed E-state index contributed by atoms with van der Waals surface area (Å²) in [5.41, 5.74) is 5.42. The van der Waals surface area contributed by atoms with E-state index in [4.69, 9.17) is 5.73 Å². The fourth-order valence-corrected chi connectivity index (χ4v) is 1.27. The fraction of sp³-hybridized carbons (Fsp3) is 0.889. The number of hydrogen-bond acceptors (Lipinski definition) is 2. The molecule has 0 radical (unpaired) electrons. The van der Waals surface area contributed by atoms with E-state index in [1.54, 1.807) is 0 Å². The molecule has 0 spiro atoms. The Labute approximate surface area is 73.9 Å². The number of carbonyl (C=O) groups excluding carboxylic acids is 1. The van der Waals surface area contributed by atoms with Crippen LogP contribution in [0.1, 0.15) is 26.2 Å². The standard InChI is InChI=1S/C9H18N2O/c1-7(5-6-10)11(2)9(12)8-3-4-8/h7-8H,3-6,10H2,1-2H3. The van der Waals surface area contributed by atoms with Gasteiger partial charge in [-0.15, -0.1) is 0 Å². The maximum absolute atomic E-state index is 11.5. The minimum Gasteiger partial charge on any atom is -0.343 e. The lowest BCUT2D eigenvalue weighted by Gasteiger charge is -2.24. The van der Waals surface area contributed by atoms with E-state index in [9.17, 15) is 4.79 Å². The first-order valence-corrected chi connectivity index (χ1v) is 4.63. The van der Waals surface area contributed by atoms with Gasteiger partial charge >= 0.3 is 0 Å². The van der Waals surface area contributed by atoms with Crippen molar-refractivity contribution in [3.63, 3.8) is 0 Å². The summed E-state index contributed by atoms with van der Waals surface area (Å²) in [4.78, 5) is 13.3. The highest BCUT2D eigenvalue weighted by Crippen LogP contribution is 2.31. The molecule has 3 nitrogen and oxygen atoms in total. The summed E-state index contributed by atoms with van der Waals surface area (Å²) in [6.45, 7) is 2.70. The third-order valence-corrected chi connectivity index (χ3v) is 2.52. The molecular weight excluding hydrogens is 152 g/mol. The van der Waals surface area contributed by atoms with Crippen molar-refractivity contribution in [3.05, 3.63) is 0 Å². The van der Waals surface area contributed by atoms with Crippen LogP contribution in [0.25, 0.3) is 0 Å². The number of nitrogens with two attached hydrogens (primary N) is 1. The maximum Gasteiger partial charge on any atom is 0.225 e. The molecule has 0 heterocycles. The summed E-state index contributed by atoms with van der Waals surface area (Å²) >= 11 is 0. The van der Waals surface area contributed by atoms with Crippen LogP contribution >= 0.6 is 0 Å². The normalized spacial score (nSPS) is 18.9. The fourth-order valence-electron chi connectivity index (χ4n) is 1.27. The van der Waals surface area contributed by atoms with E-state index < -0.39 is 0 Å². The Kier molecular flexibility index (Phi) is 3.09. The molecule has 1 rings (SSSR count). The second-order valence-corrected chi connectivity index (χ2v) is 3.65. The number of amides is 1. The molecule has 1 saturated carbocycles. The number of nitrogens with zero attached hydrogens (tertiary/aromatic N) is 1. The third-order valence-electron chi connectivity index (χ3n) is 2.52. The second-order valence-electron chi connectivity index (χ2n) is 3.65. The van der Waals surface area contributed by atoms with Gasteiger partial charge in [0.1, 0.15) is 0 Å². The van der Waals surface area contributed by atoms with E-state index in [0.717, 1.165) is 19.3 Å². The van der Waals surface area contributed by atoms with Crippen LogP contribution < -0.4 is 5.73 Å². The monoisotopic (exact) mass is 170 g/mol. The molecule has 0 saturated heterocycles. The first kappa shape index (κ1) is 9.52. The lowest BCUT2D eigenvalue weighted by Crippen LogP contribution is -2.37. The van der Waals surface area contributed by atoms with Gasteiger partial charge in [0, 0.05) is 19.0 Å². The highest BCUT2D eigenvalue weighted by molar-refractivity contribution is 5.81. The van der Waals surface area contributed by atoms with E-state index in [2.05, 4.69) is 0 Å². The summed E-state index contributed by atoms with van der Waals surface area (Å²) < 4.78 is 0. The van der Waals surface area contributed by atoms with Crippen LogP contribution in [0.5, 0.6) is 0 Å². The predicted molar refractivity (Wildman–Crippen MR) is 48.6 cm³/mol. The Morgan fingerprint density at radius 3 is 2.67 bits per heavy atom. The summed E-state index contributed by atoms with van der Waals surface area (Å²) in [5, 5.41) is 0. The summed E-state index contributed by atoms with van der Waals surface area (Å²) in [6, 6.07) is 0.295. The van der Waals surface area contributed by atoms with Crippen LogP contribution in [-0.4, -0.2) is 30.4 Å². The Morgan fingerprint density at radius 1 is 1.67 bits per heavy atom. The third kappa shape index (κ3) is 2.21. The SMILES string of the molecule is CC(CCN)N(C)C(=O)C1CC1. The molecule has 12 heavy (non-hydrogen) atoms. The van der Waals surface area contributed by atoms with Crippen molar-refractivity contribution in [3.8, 4) is 0 Å². The number of carbonyl (C=O) groups is 1. The summed E-state index contributed by atoms with van der Waals surface area (Å²) in [7, 11) is 1.88. The molecule has 0 bridgehead atoms. The first-order valence-electron chi connectivity index (χ1n) is 4.63. The van der Waals surface area contributed by atoms with Gasteiger partial charge in [0.05, 0.1) is 0 Å². The van der Waals surface area contributed by atoms with Gasteiger partial charge in [-0.2, -0.15) is 0 Å². The van der Waals surface area contributed by atoms with Crippen LogP contribution in [0.2, 0.25) is 0 Å². The molecule has 1 atom stereocenters. The van der Waals surface area contributed by atoms with Crippen molar-refractivity contribution in [1.82, 2.24) is 4.90 Å². The summed E-state index contributed by atoms with van der Waals surface area (Å²) in [5.74, 6) is 0.631. The van der Waals surface area contributed by atoms with Gasteiger partial charge in [0.15, 0.2) is 0 Å². The molecule has 1 aliphatic carbocycles. The van der Waals surface area contributed by atoms with E-state index in [-0.39, 0.29) is 0 Å². The molecular formula is C9H18N2O. The zero-order valence-electron chi connectivity index (χ0n) is 7.92. The number of rotatable bonds is 4. The van der Waals surface area contributed by atoms with Crippen molar-refractivity contribution in [1.29, 1.82) is 0 Å². The molecule has 1 fully saturated rings. The Hall–Kier alpha value is -0.570. The van der Waals surface area contributed by atoms with Crippen molar-refractivity contribution in [2.75, 3.05) is 13.6 Å². The van der Waals surface area contributed by atoms with E-state index >= 15 is 0 Å². The first-order chi connectivity index (χ1) is 5.66.